The van der Waals surface area contributed by atoms with Crippen molar-refractivity contribution in [3.05, 3.63) is 64.4 Å². The predicted molar refractivity (Wildman–Crippen MR) is 108 cm³/mol. The normalized spacial score (nSPS) is 17.0. The first-order valence-corrected chi connectivity index (χ1v) is 9.94. The lowest BCUT2D eigenvalue weighted by Crippen LogP contribution is -2.40. The topological polar surface area (TPSA) is 50.1 Å². The fourth-order valence-corrected chi connectivity index (χ4v) is 4.22. The summed E-state index contributed by atoms with van der Waals surface area (Å²) in [5, 5.41) is 5.03. The number of aromatic nitrogens is 2. The van der Waals surface area contributed by atoms with E-state index < -0.39 is 0 Å². The molecule has 2 aliphatic rings. The molecular formula is C21H21ClN4O2. The maximum Gasteiger partial charge on any atom is 0.274 e. The highest BCUT2D eigenvalue weighted by atomic mass is 35.5. The van der Waals surface area contributed by atoms with Crippen molar-refractivity contribution in [2.24, 2.45) is 0 Å². The summed E-state index contributed by atoms with van der Waals surface area (Å²) >= 11 is 6.03. The van der Waals surface area contributed by atoms with E-state index in [9.17, 15) is 4.79 Å². The molecule has 0 saturated carbocycles. The molecule has 5 rings (SSSR count). The fourth-order valence-electron chi connectivity index (χ4n) is 4.07. The molecule has 0 aliphatic carbocycles. The molecule has 1 fully saturated rings. The molecule has 7 heteroatoms. The summed E-state index contributed by atoms with van der Waals surface area (Å²) in [6.07, 6.45) is 2.58. The first-order valence-electron chi connectivity index (χ1n) is 9.57. The van der Waals surface area contributed by atoms with Crippen LogP contribution in [0.25, 0.3) is 5.52 Å². The number of rotatable bonds is 2. The minimum atomic E-state index is -0.0396. The minimum Gasteiger partial charge on any atom is -0.378 e. The van der Waals surface area contributed by atoms with Crippen LogP contribution < -0.4 is 4.90 Å². The van der Waals surface area contributed by atoms with Gasteiger partial charge in [-0.2, -0.15) is 5.10 Å². The number of ether oxygens (including phenoxy) is 1. The molecule has 0 N–H and O–H groups in total. The Labute approximate surface area is 168 Å². The highest BCUT2D eigenvalue weighted by molar-refractivity contribution is 6.30. The molecule has 1 amide bonds. The maximum atomic E-state index is 13.1. The third-order valence-electron chi connectivity index (χ3n) is 5.53. The van der Waals surface area contributed by atoms with E-state index in [0.717, 1.165) is 38.2 Å². The molecule has 4 heterocycles. The molecule has 1 aromatic carbocycles. The molecule has 2 aliphatic heterocycles. The first-order chi connectivity index (χ1) is 13.7. The SMILES string of the molecule is O=C(c1cc2ccc(Cl)cn2n1)N1CCc2cccc(N3CCOCC3)c2C1. The zero-order valence-electron chi connectivity index (χ0n) is 15.5. The van der Waals surface area contributed by atoms with Gasteiger partial charge in [-0.3, -0.25) is 4.79 Å². The molecule has 28 heavy (non-hydrogen) atoms. The van der Waals surface area contributed by atoms with E-state index in [1.54, 1.807) is 16.8 Å². The van der Waals surface area contributed by atoms with Crippen molar-refractivity contribution in [1.82, 2.24) is 14.5 Å². The standard InChI is InChI=1S/C21H21ClN4O2/c22-16-4-5-17-12-19(23-26(17)13-16)21(27)25-7-6-15-2-1-3-20(18(15)14-25)24-8-10-28-11-9-24/h1-5,12-13H,6-11,14H2. The van der Waals surface area contributed by atoms with Crippen molar-refractivity contribution in [2.75, 3.05) is 37.7 Å². The van der Waals surface area contributed by atoms with Crippen LogP contribution in [-0.4, -0.2) is 53.3 Å². The zero-order chi connectivity index (χ0) is 19.1. The summed E-state index contributed by atoms with van der Waals surface area (Å²) in [5.41, 5.74) is 5.11. The van der Waals surface area contributed by atoms with Crippen LogP contribution in [0.2, 0.25) is 5.02 Å². The second kappa shape index (κ2) is 7.11. The van der Waals surface area contributed by atoms with Crippen LogP contribution in [0.4, 0.5) is 5.69 Å². The van der Waals surface area contributed by atoms with Crippen LogP contribution in [0.15, 0.2) is 42.6 Å². The summed E-state index contributed by atoms with van der Waals surface area (Å²) in [5.74, 6) is -0.0396. The molecule has 3 aromatic rings. The van der Waals surface area contributed by atoms with E-state index in [1.807, 2.05) is 17.0 Å². The van der Waals surface area contributed by atoms with Crippen molar-refractivity contribution < 1.29 is 9.53 Å². The van der Waals surface area contributed by atoms with Gasteiger partial charge < -0.3 is 14.5 Å². The van der Waals surface area contributed by atoms with Crippen LogP contribution >= 0.6 is 11.6 Å². The molecule has 2 aromatic heterocycles. The Balaban J connectivity index is 1.43. The number of hydrogen-bond donors (Lipinski definition) is 0. The van der Waals surface area contributed by atoms with E-state index in [2.05, 4.69) is 28.2 Å². The van der Waals surface area contributed by atoms with Crippen molar-refractivity contribution in [3.63, 3.8) is 0 Å². The number of halogens is 1. The number of carbonyl (C=O) groups excluding carboxylic acids is 1. The van der Waals surface area contributed by atoms with Crippen LogP contribution in [0.1, 0.15) is 21.6 Å². The van der Waals surface area contributed by atoms with Gasteiger partial charge in [0.1, 0.15) is 0 Å². The first kappa shape index (κ1) is 17.5. The summed E-state index contributed by atoms with van der Waals surface area (Å²) < 4.78 is 7.15. The highest BCUT2D eigenvalue weighted by Crippen LogP contribution is 2.30. The molecule has 0 radical (unpaired) electrons. The second-order valence-electron chi connectivity index (χ2n) is 7.24. The lowest BCUT2D eigenvalue weighted by atomic mass is 9.97. The van der Waals surface area contributed by atoms with Crippen LogP contribution in [0.3, 0.4) is 0 Å². The molecule has 0 spiro atoms. The van der Waals surface area contributed by atoms with E-state index in [4.69, 9.17) is 16.3 Å². The molecule has 6 nitrogen and oxygen atoms in total. The number of pyridine rings is 1. The Morgan fingerprint density at radius 1 is 1.11 bits per heavy atom. The molecule has 0 atom stereocenters. The van der Waals surface area contributed by atoms with Gasteiger partial charge in [-0.05, 0) is 41.8 Å². The number of anilines is 1. The Morgan fingerprint density at radius 2 is 1.96 bits per heavy atom. The molecule has 0 unspecified atom stereocenters. The number of hydrogen-bond acceptors (Lipinski definition) is 4. The van der Waals surface area contributed by atoms with Gasteiger partial charge in [0.05, 0.1) is 23.8 Å². The molecule has 0 bridgehead atoms. The lowest BCUT2D eigenvalue weighted by Gasteiger charge is -2.35. The Bertz CT molecular complexity index is 1040. The summed E-state index contributed by atoms with van der Waals surface area (Å²) in [6.45, 7) is 4.57. The van der Waals surface area contributed by atoms with Crippen molar-refractivity contribution in [2.45, 2.75) is 13.0 Å². The van der Waals surface area contributed by atoms with Crippen molar-refractivity contribution >= 4 is 28.7 Å². The fraction of sp³-hybridized carbons (Fsp3) is 0.333. The molecule has 1 saturated heterocycles. The average molecular weight is 397 g/mol. The van der Waals surface area contributed by atoms with Crippen molar-refractivity contribution in [3.8, 4) is 0 Å². The van der Waals surface area contributed by atoms with Gasteiger partial charge in [0.2, 0.25) is 0 Å². The predicted octanol–water partition coefficient (Wildman–Crippen LogP) is 3.02. The summed E-state index contributed by atoms with van der Waals surface area (Å²) in [7, 11) is 0. The number of carbonyl (C=O) groups is 1. The van der Waals surface area contributed by atoms with Gasteiger partial charge in [-0.15, -0.1) is 0 Å². The van der Waals surface area contributed by atoms with E-state index in [1.165, 1.54) is 16.8 Å². The Hall–Kier alpha value is -2.57. The molecular weight excluding hydrogens is 376 g/mol. The number of benzene rings is 1. The van der Waals surface area contributed by atoms with E-state index in [0.29, 0.717) is 23.8 Å². The summed E-state index contributed by atoms with van der Waals surface area (Å²) in [6, 6.07) is 11.9. The number of nitrogens with zero attached hydrogens (tertiary/aromatic N) is 4. The second-order valence-corrected chi connectivity index (χ2v) is 7.67. The van der Waals surface area contributed by atoms with Crippen LogP contribution in [-0.2, 0) is 17.7 Å². The van der Waals surface area contributed by atoms with Gasteiger partial charge in [-0.25, -0.2) is 4.52 Å². The Morgan fingerprint density at radius 3 is 2.82 bits per heavy atom. The molecule has 144 valence electrons. The number of amides is 1. The number of morpholine rings is 1. The average Bonchev–Trinajstić information content (AvgIpc) is 3.16. The third kappa shape index (κ3) is 3.12. The third-order valence-corrected chi connectivity index (χ3v) is 5.75. The highest BCUT2D eigenvalue weighted by Gasteiger charge is 2.27. The van der Waals surface area contributed by atoms with Gasteiger partial charge in [-0.1, -0.05) is 23.7 Å². The smallest absolute Gasteiger partial charge is 0.274 e. The number of fused-ring (bicyclic) bond motifs is 2. The maximum absolute atomic E-state index is 13.1. The van der Waals surface area contributed by atoms with Crippen LogP contribution in [0.5, 0.6) is 0 Å². The quantitative estimate of drug-likeness (QED) is 0.668. The Kier molecular flexibility index (Phi) is 4.45. The monoisotopic (exact) mass is 396 g/mol. The van der Waals surface area contributed by atoms with Gasteiger partial charge in [0.15, 0.2) is 5.69 Å². The van der Waals surface area contributed by atoms with Crippen molar-refractivity contribution in [1.29, 1.82) is 0 Å². The van der Waals surface area contributed by atoms with Gasteiger partial charge in [0, 0.05) is 38.1 Å². The van der Waals surface area contributed by atoms with Gasteiger partial charge in [0.25, 0.3) is 5.91 Å². The van der Waals surface area contributed by atoms with Crippen LogP contribution in [0, 0.1) is 0 Å². The minimum absolute atomic E-state index is 0.0396. The van der Waals surface area contributed by atoms with E-state index >= 15 is 0 Å². The lowest BCUT2D eigenvalue weighted by molar-refractivity contribution is 0.0728. The zero-order valence-corrected chi connectivity index (χ0v) is 16.2. The van der Waals surface area contributed by atoms with Gasteiger partial charge >= 0.3 is 0 Å². The van der Waals surface area contributed by atoms with E-state index in [-0.39, 0.29) is 5.91 Å². The summed E-state index contributed by atoms with van der Waals surface area (Å²) in [4.78, 5) is 17.4. The largest absolute Gasteiger partial charge is 0.378 e.